The molecule has 0 unspecified atom stereocenters. The quantitative estimate of drug-likeness (QED) is 0.409. The second kappa shape index (κ2) is 1.73. The molecule has 0 aliphatic heterocycles. The van der Waals surface area contributed by atoms with E-state index in [1.165, 1.54) is 7.05 Å². The second-order valence-corrected chi connectivity index (χ2v) is 1.90. The second-order valence-electron chi connectivity index (χ2n) is 1.90. The van der Waals surface area contributed by atoms with Crippen molar-refractivity contribution in [1.29, 1.82) is 0 Å². The molecular formula is C5H7NO4. The van der Waals surface area contributed by atoms with Crippen LogP contribution in [-0.2, 0) is 7.05 Å². The summed E-state index contributed by atoms with van der Waals surface area (Å²) in [7, 11) is 1.30. The molecule has 10 heavy (non-hydrogen) atoms. The summed E-state index contributed by atoms with van der Waals surface area (Å²) in [6.45, 7) is 0. The Hall–Kier alpha value is -1.52. The van der Waals surface area contributed by atoms with E-state index < -0.39 is 23.3 Å². The van der Waals surface area contributed by atoms with E-state index in [9.17, 15) is 0 Å². The molecule has 5 heteroatoms. The monoisotopic (exact) mass is 145 g/mol. The van der Waals surface area contributed by atoms with Crippen molar-refractivity contribution < 1.29 is 20.4 Å². The van der Waals surface area contributed by atoms with Gasteiger partial charge in [0, 0.05) is 7.05 Å². The van der Waals surface area contributed by atoms with E-state index in [-0.39, 0.29) is 0 Å². The molecule has 5 nitrogen and oxygen atoms in total. The van der Waals surface area contributed by atoms with Crippen molar-refractivity contribution in [3.05, 3.63) is 0 Å². The van der Waals surface area contributed by atoms with E-state index in [2.05, 4.69) is 0 Å². The first kappa shape index (κ1) is 6.60. The lowest BCUT2D eigenvalue weighted by molar-refractivity contribution is 0.363. The molecule has 1 rings (SSSR count). The molecule has 0 amide bonds. The largest absolute Gasteiger partial charge is 0.500 e. The van der Waals surface area contributed by atoms with E-state index in [1.807, 2.05) is 0 Å². The van der Waals surface area contributed by atoms with Crippen molar-refractivity contribution >= 4 is 0 Å². The Morgan fingerprint density at radius 2 is 1.20 bits per heavy atom. The van der Waals surface area contributed by atoms with Gasteiger partial charge in [-0.2, -0.15) is 0 Å². The van der Waals surface area contributed by atoms with E-state index in [1.54, 1.807) is 0 Å². The molecule has 0 aliphatic rings. The molecule has 0 saturated heterocycles. The lowest BCUT2D eigenvalue weighted by atomic mass is 10.5. The van der Waals surface area contributed by atoms with Crippen LogP contribution < -0.4 is 0 Å². The third-order valence-corrected chi connectivity index (χ3v) is 1.28. The molecular weight excluding hydrogens is 138 g/mol. The van der Waals surface area contributed by atoms with Crippen LogP contribution in [0.2, 0.25) is 0 Å². The van der Waals surface area contributed by atoms with Crippen molar-refractivity contribution in [1.82, 2.24) is 4.57 Å². The molecule has 1 aromatic rings. The van der Waals surface area contributed by atoms with Gasteiger partial charge in [0.05, 0.1) is 0 Å². The van der Waals surface area contributed by atoms with E-state index in [0.29, 0.717) is 0 Å². The van der Waals surface area contributed by atoms with Crippen molar-refractivity contribution in [2.45, 2.75) is 0 Å². The molecule has 0 fully saturated rings. The van der Waals surface area contributed by atoms with Gasteiger partial charge in [-0.05, 0) is 0 Å². The summed E-state index contributed by atoms with van der Waals surface area (Å²) in [4.78, 5) is 0. The molecule has 56 valence electrons. The Morgan fingerprint density at radius 1 is 0.900 bits per heavy atom. The molecule has 0 aromatic carbocycles. The number of nitrogens with zero attached hydrogens (tertiary/aromatic N) is 1. The van der Waals surface area contributed by atoms with Gasteiger partial charge in [-0.15, -0.1) is 0 Å². The normalized spacial score (nSPS) is 10.1. The highest BCUT2D eigenvalue weighted by molar-refractivity contribution is 5.54. The number of hydrogen-bond donors (Lipinski definition) is 4. The maximum Gasteiger partial charge on any atom is 0.241 e. The van der Waals surface area contributed by atoms with Gasteiger partial charge in [0.25, 0.3) is 0 Å². The summed E-state index contributed by atoms with van der Waals surface area (Å²) in [5.74, 6) is -2.54. The van der Waals surface area contributed by atoms with Crippen LogP contribution in [0.3, 0.4) is 0 Å². The summed E-state index contributed by atoms with van der Waals surface area (Å²) in [6.07, 6.45) is 0. The zero-order valence-electron chi connectivity index (χ0n) is 5.24. The van der Waals surface area contributed by atoms with Crippen molar-refractivity contribution in [2.75, 3.05) is 0 Å². The van der Waals surface area contributed by atoms with Gasteiger partial charge in [0.15, 0.2) is 0 Å². The van der Waals surface area contributed by atoms with Gasteiger partial charge >= 0.3 is 0 Å². The van der Waals surface area contributed by atoms with Crippen LogP contribution in [0, 0.1) is 0 Å². The zero-order chi connectivity index (χ0) is 7.89. The molecule has 1 heterocycles. The Bertz CT molecular complexity index is 185. The molecule has 0 spiro atoms. The fraction of sp³-hybridized carbons (Fsp3) is 0.200. The van der Waals surface area contributed by atoms with Crippen LogP contribution in [0.15, 0.2) is 0 Å². The molecule has 4 N–H and O–H groups in total. The Balaban J connectivity index is 3.44. The SMILES string of the molecule is Cn1c(O)c(O)c(O)c1O. The highest BCUT2D eigenvalue weighted by atomic mass is 16.4. The van der Waals surface area contributed by atoms with E-state index in [0.717, 1.165) is 4.57 Å². The number of hydrogen-bond acceptors (Lipinski definition) is 4. The highest BCUT2D eigenvalue weighted by Gasteiger charge is 2.18. The summed E-state index contributed by atoms with van der Waals surface area (Å²) < 4.78 is 0.852. The van der Waals surface area contributed by atoms with Crippen LogP contribution in [0.1, 0.15) is 0 Å². The lowest BCUT2D eigenvalue weighted by Gasteiger charge is -1.93. The van der Waals surface area contributed by atoms with Crippen LogP contribution in [0.4, 0.5) is 0 Å². The maximum absolute atomic E-state index is 8.80. The van der Waals surface area contributed by atoms with Gasteiger partial charge in [-0.25, -0.2) is 0 Å². The van der Waals surface area contributed by atoms with Gasteiger partial charge in [0.1, 0.15) is 0 Å². The summed E-state index contributed by atoms with van der Waals surface area (Å²) in [6, 6.07) is 0. The fourth-order valence-electron chi connectivity index (χ4n) is 0.630. The highest BCUT2D eigenvalue weighted by Crippen LogP contribution is 2.43. The third-order valence-electron chi connectivity index (χ3n) is 1.28. The number of aromatic nitrogens is 1. The average Bonchev–Trinajstić information content (AvgIpc) is 2.07. The molecule has 0 bridgehead atoms. The first-order valence-corrected chi connectivity index (χ1v) is 2.54. The van der Waals surface area contributed by atoms with E-state index in [4.69, 9.17) is 20.4 Å². The van der Waals surface area contributed by atoms with Crippen molar-refractivity contribution in [3.63, 3.8) is 0 Å². The summed E-state index contributed by atoms with van der Waals surface area (Å²) >= 11 is 0. The molecule has 1 aromatic heterocycles. The zero-order valence-corrected chi connectivity index (χ0v) is 5.24. The Kier molecular flexibility index (Phi) is 1.14. The molecule has 0 aliphatic carbocycles. The standard InChI is InChI=1S/C5H7NO4/c1-6-4(9)2(7)3(8)5(6)10/h7-10H,1H3. The topological polar surface area (TPSA) is 85.9 Å². The van der Waals surface area contributed by atoms with Gasteiger partial charge in [-0.1, -0.05) is 0 Å². The minimum Gasteiger partial charge on any atom is -0.500 e. The van der Waals surface area contributed by atoms with Crippen LogP contribution in [0.25, 0.3) is 0 Å². The van der Waals surface area contributed by atoms with Crippen molar-refractivity contribution in [3.8, 4) is 23.3 Å². The predicted octanol–water partition coefficient (Wildman–Crippen LogP) is -0.153. The van der Waals surface area contributed by atoms with E-state index >= 15 is 0 Å². The molecule has 0 radical (unpaired) electrons. The first-order chi connectivity index (χ1) is 4.55. The maximum atomic E-state index is 8.80. The molecule has 0 saturated carbocycles. The minimum absolute atomic E-state index is 0.560. The van der Waals surface area contributed by atoms with Gasteiger partial charge in [-0.3, -0.25) is 4.57 Å². The Labute approximate surface area is 56.4 Å². The minimum atomic E-state index is -0.708. The van der Waals surface area contributed by atoms with Gasteiger partial charge in [0.2, 0.25) is 23.3 Å². The number of aromatic hydroxyl groups is 4. The average molecular weight is 145 g/mol. The predicted molar refractivity (Wildman–Crippen MR) is 32.1 cm³/mol. The van der Waals surface area contributed by atoms with Crippen LogP contribution in [-0.4, -0.2) is 25.0 Å². The first-order valence-electron chi connectivity index (χ1n) is 2.54. The van der Waals surface area contributed by atoms with Crippen LogP contribution in [0.5, 0.6) is 23.3 Å². The number of rotatable bonds is 0. The lowest BCUT2D eigenvalue weighted by Crippen LogP contribution is -1.83. The van der Waals surface area contributed by atoms with Gasteiger partial charge < -0.3 is 20.4 Å². The fourth-order valence-corrected chi connectivity index (χ4v) is 0.630. The molecule has 0 atom stereocenters. The summed E-state index contributed by atoms with van der Waals surface area (Å²) in [5.41, 5.74) is 0. The van der Waals surface area contributed by atoms with Crippen LogP contribution >= 0.6 is 0 Å². The third kappa shape index (κ3) is 0.570. The smallest absolute Gasteiger partial charge is 0.241 e. The van der Waals surface area contributed by atoms with Crippen molar-refractivity contribution in [2.24, 2.45) is 7.05 Å². The summed E-state index contributed by atoms with van der Waals surface area (Å²) in [5, 5.41) is 35.1. The Morgan fingerprint density at radius 3 is 1.30 bits per heavy atom.